The Morgan fingerprint density at radius 3 is 2.62 bits per heavy atom. The lowest BCUT2D eigenvalue weighted by molar-refractivity contribution is 0.140. The van der Waals surface area contributed by atoms with E-state index in [1.54, 1.807) is 24.3 Å². The van der Waals surface area contributed by atoms with Crippen LogP contribution in [-0.4, -0.2) is 35.1 Å². The molecule has 1 aromatic carbocycles. The zero-order chi connectivity index (χ0) is 18.4. The number of benzene rings is 1. The van der Waals surface area contributed by atoms with E-state index < -0.39 is 10.0 Å². The molecule has 0 radical (unpaired) electrons. The van der Waals surface area contributed by atoms with Crippen molar-refractivity contribution in [3.63, 3.8) is 0 Å². The predicted octanol–water partition coefficient (Wildman–Crippen LogP) is 3.09. The smallest absolute Gasteiger partial charge is 0.284 e. The van der Waals surface area contributed by atoms with Crippen LogP contribution in [0.2, 0.25) is 0 Å². The summed E-state index contributed by atoms with van der Waals surface area (Å²) in [6.45, 7) is 2.40. The minimum absolute atomic E-state index is 0.200. The van der Waals surface area contributed by atoms with Crippen LogP contribution in [-0.2, 0) is 21.3 Å². The maximum absolute atomic E-state index is 12.5. The zero-order valence-corrected chi connectivity index (χ0v) is 15.8. The van der Waals surface area contributed by atoms with Crippen molar-refractivity contribution < 1.29 is 13.3 Å². The fraction of sp³-hybridized carbons (Fsp3) is 0.500. The normalized spacial score (nSPS) is 15.0. The summed E-state index contributed by atoms with van der Waals surface area (Å²) in [5.41, 5.74) is 2.76. The molecule has 0 saturated heterocycles. The van der Waals surface area contributed by atoms with Gasteiger partial charge in [0.25, 0.3) is 10.0 Å². The minimum atomic E-state index is -3.69. The van der Waals surface area contributed by atoms with Gasteiger partial charge in [-0.2, -0.15) is 8.42 Å². The molecule has 0 N–H and O–H groups in total. The molecule has 0 aliphatic heterocycles. The van der Waals surface area contributed by atoms with Gasteiger partial charge in [-0.05, 0) is 57.6 Å². The molecule has 0 unspecified atom stereocenters. The molecule has 1 saturated carbocycles. The topological polar surface area (TPSA) is 86.4 Å². The number of hydrogen-bond donors (Lipinski definition) is 0. The molecule has 0 atom stereocenters. The zero-order valence-electron chi connectivity index (χ0n) is 15.0. The van der Waals surface area contributed by atoms with Crippen LogP contribution >= 0.6 is 0 Å². The third kappa shape index (κ3) is 4.69. The lowest BCUT2D eigenvalue weighted by atomic mass is 9.99. The molecule has 8 heteroatoms. The quantitative estimate of drug-likeness (QED) is 0.547. The van der Waals surface area contributed by atoms with Gasteiger partial charge in [0.05, 0.1) is 22.5 Å². The molecule has 26 heavy (non-hydrogen) atoms. The highest BCUT2D eigenvalue weighted by atomic mass is 32.2. The molecule has 3 rings (SSSR count). The average molecular weight is 376 g/mol. The van der Waals surface area contributed by atoms with Gasteiger partial charge < -0.3 is 4.84 Å². The van der Waals surface area contributed by atoms with Gasteiger partial charge in [-0.25, -0.2) is 0 Å². The van der Waals surface area contributed by atoms with E-state index in [1.807, 2.05) is 6.92 Å². The summed E-state index contributed by atoms with van der Waals surface area (Å²) in [7, 11) is -3.69. The highest BCUT2D eigenvalue weighted by Gasteiger charge is 2.18. The van der Waals surface area contributed by atoms with E-state index in [2.05, 4.69) is 15.5 Å². The van der Waals surface area contributed by atoms with E-state index in [1.165, 1.54) is 25.5 Å². The van der Waals surface area contributed by atoms with Crippen LogP contribution in [0, 0.1) is 6.92 Å². The Kier molecular flexibility index (Phi) is 6.03. The Morgan fingerprint density at radius 2 is 1.88 bits per heavy atom. The summed E-state index contributed by atoms with van der Waals surface area (Å²) in [5, 5.41) is 11.9. The summed E-state index contributed by atoms with van der Waals surface area (Å²) < 4.78 is 26.0. The van der Waals surface area contributed by atoms with Crippen molar-refractivity contribution >= 4 is 15.7 Å². The maximum Gasteiger partial charge on any atom is 0.284 e. The van der Waals surface area contributed by atoms with Crippen molar-refractivity contribution in [3.05, 3.63) is 41.7 Å². The summed E-state index contributed by atoms with van der Waals surface area (Å²) in [6, 6.07) is 6.67. The number of oxime groups is 1. The Balaban J connectivity index is 1.52. The number of nitrogens with zero attached hydrogens (tertiary/aromatic N) is 4. The standard InChI is InChI=1S/C18H24N4O3S/c1-15-9-11-18(12-10-15)26(23,24)22-14-17(19-21-22)8-5-13-25-20-16-6-3-2-4-7-16/h9-12,14H,2-8,13H2,1H3. The Bertz CT molecular complexity index is 849. The van der Waals surface area contributed by atoms with Gasteiger partial charge in [-0.1, -0.05) is 34.5 Å². The third-order valence-corrected chi connectivity index (χ3v) is 5.92. The van der Waals surface area contributed by atoms with Crippen molar-refractivity contribution in [2.24, 2.45) is 5.16 Å². The van der Waals surface area contributed by atoms with Crippen LogP contribution in [0.4, 0.5) is 0 Å². The lowest BCUT2D eigenvalue weighted by Crippen LogP contribution is -2.13. The van der Waals surface area contributed by atoms with E-state index >= 15 is 0 Å². The molecule has 0 bridgehead atoms. The molecule has 1 fully saturated rings. The summed E-state index contributed by atoms with van der Waals surface area (Å²) in [5.74, 6) is 0. The van der Waals surface area contributed by atoms with E-state index in [0.717, 1.165) is 28.2 Å². The molecule has 1 heterocycles. The molecule has 1 aromatic heterocycles. The molecule has 140 valence electrons. The Morgan fingerprint density at radius 1 is 1.15 bits per heavy atom. The summed E-state index contributed by atoms with van der Waals surface area (Å²) in [4.78, 5) is 5.56. The van der Waals surface area contributed by atoms with Crippen molar-refractivity contribution in [3.8, 4) is 0 Å². The highest BCUT2D eigenvalue weighted by Crippen LogP contribution is 2.15. The maximum atomic E-state index is 12.5. The van der Waals surface area contributed by atoms with Gasteiger partial charge in [0.1, 0.15) is 6.61 Å². The van der Waals surface area contributed by atoms with Gasteiger partial charge in [0.2, 0.25) is 0 Å². The van der Waals surface area contributed by atoms with Gasteiger partial charge in [0.15, 0.2) is 0 Å². The molecule has 0 spiro atoms. The first-order chi connectivity index (χ1) is 12.6. The summed E-state index contributed by atoms with van der Waals surface area (Å²) >= 11 is 0. The van der Waals surface area contributed by atoms with Crippen molar-refractivity contribution in [1.29, 1.82) is 0 Å². The second-order valence-corrected chi connectivity index (χ2v) is 8.35. The van der Waals surface area contributed by atoms with Crippen LogP contribution in [0.5, 0.6) is 0 Å². The van der Waals surface area contributed by atoms with Crippen molar-refractivity contribution in [1.82, 2.24) is 14.4 Å². The first kappa shape index (κ1) is 18.6. The summed E-state index contributed by atoms with van der Waals surface area (Å²) in [6.07, 6.45) is 8.49. The van der Waals surface area contributed by atoms with E-state index in [9.17, 15) is 8.42 Å². The monoisotopic (exact) mass is 376 g/mol. The minimum Gasteiger partial charge on any atom is -0.396 e. The lowest BCUT2D eigenvalue weighted by Gasteiger charge is -2.11. The van der Waals surface area contributed by atoms with Crippen molar-refractivity contribution in [2.75, 3.05) is 6.61 Å². The van der Waals surface area contributed by atoms with E-state index in [-0.39, 0.29) is 4.90 Å². The Hall–Kier alpha value is -2.22. The largest absolute Gasteiger partial charge is 0.396 e. The van der Waals surface area contributed by atoms with E-state index in [0.29, 0.717) is 25.1 Å². The SMILES string of the molecule is Cc1ccc(S(=O)(=O)n2cc(CCCON=C3CCCCC3)nn2)cc1. The van der Waals surface area contributed by atoms with Crippen LogP contribution < -0.4 is 0 Å². The van der Waals surface area contributed by atoms with Crippen LogP contribution in [0.25, 0.3) is 0 Å². The van der Waals surface area contributed by atoms with Crippen LogP contribution in [0.3, 0.4) is 0 Å². The second kappa shape index (κ2) is 8.44. The number of aromatic nitrogens is 3. The van der Waals surface area contributed by atoms with Crippen molar-refractivity contribution in [2.45, 2.75) is 56.8 Å². The van der Waals surface area contributed by atoms with E-state index in [4.69, 9.17) is 4.84 Å². The fourth-order valence-electron chi connectivity index (χ4n) is 2.84. The molecule has 1 aliphatic carbocycles. The molecule has 1 aliphatic rings. The fourth-order valence-corrected chi connectivity index (χ4v) is 3.93. The molecule has 0 amide bonds. The first-order valence-corrected chi connectivity index (χ1v) is 10.4. The van der Waals surface area contributed by atoms with Crippen LogP contribution in [0.1, 0.15) is 49.8 Å². The molecule has 2 aromatic rings. The predicted molar refractivity (Wildman–Crippen MR) is 98.6 cm³/mol. The van der Waals surface area contributed by atoms with Gasteiger partial charge in [-0.15, -0.1) is 9.19 Å². The number of rotatable bonds is 7. The van der Waals surface area contributed by atoms with Gasteiger partial charge in [-0.3, -0.25) is 0 Å². The average Bonchev–Trinajstić information content (AvgIpc) is 3.12. The third-order valence-electron chi connectivity index (χ3n) is 4.38. The first-order valence-electron chi connectivity index (χ1n) is 8.97. The number of hydrogen-bond acceptors (Lipinski definition) is 6. The van der Waals surface area contributed by atoms with Crippen LogP contribution in [0.15, 0.2) is 40.5 Å². The molecular weight excluding hydrogens is 352 g/mol. The second-order valence-electron chi connectivity index (χ2n) is 6.56. The molecule has 7 nitrogen and oxygen atoms in total. The Labute approximate surface area is 154 Å². The number of aryl methyl sites for hydroxylation is 2. The molecular formula is C18H24N4O3S. The highest BCUT2D eigenvalue weighted by molar-refractivity contribution is 7.89. The van der Waals surface area contributed by atoms with Gasteiger partial charge in [0, 0.05) is 0 Å². The van der Waals surface area contributed by atoms with Gasteiger partial charge >= 0.3 is 0 Å².